The van der Waals surface area contributed by atoms with Crippen LogP contribution in [0.2, 0.25) is 0 Å². The van der Waals surface area contributed by atoms with Gasteiger partial charge in [-0.3, -0.25) is 4.98 Å². The number of aromatic nitrogens is 6. The van der Waals surface area contributed by atoms with E-state index in [9.17, 15) is 18.3 Å². The molecule has 0 bridgehead atoms. The number of aliphatic hydroxyl groups is 1. The first-order valence-electron chi connectivity index (χ1n) is 11.5. The monoisotopic (exact) mass is 505 g/mol. The molecule has 1 atom stereocenters. The van der Waals surface area contributed by atoms with Crippen molar-refractivity contribution in [1.82, 2.24) is 29.7 Å². The SMILES string of the molecule is C=C[C@H](CNc1cc(-c2cnc3c(cnn3CCO)c2)ncn1)c1cccc2c(C(F)F)c(F)cnc12. The van der Waals surface area contributed by atoms with E-state index in [-0.39, 0.29) is 17.9 Å². The minimum atomic E-state index is -2.96. The summed E-state index contributed by atoms with van der Waals surface area (Å²) in [6.07, 6.45) is 4.34. The zero-order valence-corrected chi connectivity index (χ0v) is 19.5. The topological polar surface area (TPSA) is 102 Å². The highest BCUT2D eigenvalue weighted by Crippen LogP contribution is 2.33. The number of fused-ring (bicyclic) bond motifs is 2. The molecule has 5 aromatic rings. The first-order valence-corrected chi connectivity index (χ1v) is 11.5. The molecule has 5 rings (SSSR count). The summed E-state index contributed by atoms with van der Waals surface area (Å²) in [5.41, 5.74) is 2.36. The van der Waals surface area contributed by atoms with E-state index in [1.54, 1.807) is 41.4 Å². The summed E-state index contributed by atoms with van der Waals surface area (Å²) in [6.45, 7) is 4.54. The molecular weight excluding hydrogens is 483 g/mol. The summed E-state index contributed by atoms with van der Waals surface area (Å²) >= 11 is 0. The van der Waals surface area contributed by atoms with Crippen LogP contribution >= 0.6 is 0 Å². The lowest BCUT2D eigenvalue weighted by molar-refractivity contribution is 0.148. The number of hydrogen-bond acceptors (Lipinski definition) is 7. The molecule has 4 heterocycles. The van der Waals surface area contributed by atoms with E-state index in [1.165, 1.54) is 12.4 Å². The molecule has 37 heavy (non-hydrogen) atoms. The van der Waals surface area contributed by atoms with Crippen LogP contribution in [0.4, 0.5) is 19.0 Å². The van der Waals surface area contributed by atoms with E-state index in [0.29, 0.717) is 41.3 Å². The molecule has 0 aliphatic rings. The maximum atomic E-state index is 14.0. The maximum absolute atomic E-state index is 14.0. The first kappa shape index (κ1) is 24.3. The number of aliphatic hydroxyl groups excluding tert-OH is 1. The van der Waals surface area contributed by atoms with Crippen molar-refractivity contribution < 1.29 is 18.3 Å². The molecule has 8 nitrogen and oxygen atoms in total. The highest BCUT2D eigenvalue weighted by Gasteiger charge is 2.21. The number of halogens is 3. The standard InChI is InChI=1S/C26H22F3N7O/c1-2-15(18-4-3-5-19-23(25(28)29)20(27)13-31-24(18)19)10-30-22-9-21(33-14-34-22)16-8-17-12-35-36(6-7-37)26(17)32-11-16/h2-5,8-9,11-15,25,37H,1,6-7,10H2,(H,30,33,34)/t15-/m1/s1. The largest absolute Gasteiger partial charge is 0.394 e. The molecule has 2 N–H and O–H groups in total. The number of alkyl halides is 2. The molecule has 4 aromatic heterocycles. The fraction of sp³-hybridized carbons (Fsp3) is 0.192. The van der Waals surface area contributed by atoms with Crippen molar-refractivity contribution in [3.05, 3.63) is 84.8 Å². The van der Waals surface area contributed by atoms with E-state index in [2.05, 4.69) is 36.9 Å². The van der Waals surface area contributed by atoms with Crippen LogP contribution in [0.5, 0.6) is 0 Å². The van der Waals surface area contributed by atoms with Gasteiger partial charge in [0, 0.05) is 41.1 Å². The van der Waals surface area contributed by atoms with Gasteiger partial charge in [-0.15, -0.1) is 6.58 Å². The van der Waals surface area contributed by atoms with Gasteiger partial charge in [0.25, 0.3) is 6.43 Å². The minimum Gasteiger partial charge on any atom is -0.394 e. The Balaban J connectivity index is 1.39. The lowest BCUT2D eigenvalue weighted by atomic mass is 9.94. The molecule has 0 saturated carbocycles. The summed E-state index contributed by atoms with van der Waals surface area (Å²) in [4.78, 5) is 17.2. The van der Waals surface area contributed by atoms with Gasteiger partial charge in [0.05, 0.1) is 42.3 Å². The second kappa shape index (κ2) is 10.3. The van der Waals surface area contributed by atoms with E-state index >= 15 is 0 Å². The Morgan fingerprint density at radius 3 is 2.73 bits per heavy atom. The van der Waals surface area contributed by atoms with Gasteiger partial charge in [-0.2, -0.15) is 5.10 Å². The number of rotatable bonds is 9. The van der Waals surface area contributed by atoms with Crippen molar-refractivity contribution in [3.63, 3.8) is 0 Å². The molecule has 11 heteroatoms. The van der Waals surface area contributed by atoms with Gasteiger partial charge in [0.1, 0.15) is 12.1 Å². The van der Waals surface area contributed by atoms with Crippen LogP contribution in [0.3, 0.4) is 0 Å². The van der Waals surface area contributed by atoms with Crippen LogP contribution in [-0.4, -0.2) is 48.0 Å². The number of hydrogen-bond donors (Lipinski definition) is 2. The second-order valence-electron chi connectivity index (χ2n) is 8.30. The number of nitrogens with one attached hydrogen (secondary N) is 1. The zero-order valence-electron chi connectivity index (χ0n) is 19.5. The lowest BCUT2D eigenvalue weighted by Crippen LogP contribution is -2.13. The summed E-state index contributed by atoms with van der Waals surface area (Å²) < 4.78 is 42.7. The summed E-state index contributed by atoms with van der Waals surface area (Å²) in [7, 11) is 0. The third-order valence-electron chi connectivity index (χ3n) is 6.08. The molecule has 0 unspecified atom stereocenters. The molecule has 0 radical (unpaired) electrons. The predicted octanol–water partition coefficient (Wildman–Crippen LogP) is 4.89. The quantitative estimate of drug-likeness (QED) is 0.275. The maximum Gasteiger partial charge on any atom is 0.267 e. The Morgan fingerprint density at radius 2 is 1.95 bits per heavy atom. The Hall–Kier alpha value is -4.38. The molecule has 0 amide bonds. The molecule has 1 aromatic carbocycles. The van der Waals surface area contributed by atoms with Crippen molar-refractivity contribution in [2.45, 2.75) is 18.9 Å². The van der Waals surface area contributed by atoms with E-state index < -0.39 is 17.8 Å². The fourth-order valence-electron chi connectivity index (χ4n) is 4.28. The number of anilines is 1. The number of pyridine rings is 2. The predicted molar refractivity (Wildman–Crippen MR) is 134 cm³/mol. The first-order chi connectivity index (χ1) is 18.0. The van der Waals surface area contributed by atoms with Crippen LogP contribution in [-0.2, 0) is 6.54 Å². The Kier molecular flexibility index (Phi) is 6.78. The Bertz CT molecular complexity index is 1590. The van der Waals surface area contributed by atoms with Gasteiger partial charge >= 0.3 is 0 Å². The van der Waals surface area contributed by atoms with Crippen LogP contribution in [0.15, 0.2) is 67.9 Å². The lowest BCUT2D eigenvalue weighted by Gasteiger charge is -2.17. The molecular formula is C26H22F3N7O. The number of benzene rings is 1. The molecule has 0 aliphatic carbocycles. The Morgan fingerprint density at radius 1 is 1.08 bits per heavy atom. The van der Waals surface area contributed by atoms with Crippen molar-refractivity contribution >= 4 is 27.8 Å². The minimum absolute atomic E-state index is 0.0358. The van der Waals surface area contributed by atoms with Crippen molar-refractivity contribution in [2.75, 3.05) is 18.5 Å². The van der Waals surface area contributed by atoms with Gasteiger partial charge in [0.15, 0.2) is 11.5 Å². The molecule has 188 valence electrons. The summed E-state index contributed by atoms with van der Waals surface area (Å²) in [5.74, 6) is -0.809. The number of para-hydroxylation sites is 1. The smallest absolute Gasteiger partial charge is 0.267 e. The fourth-order valence-corrected chi connectivity index (χ4v) is 4.28. The van der Waals surface area contributed by atoms with Crippen LogP contribution in [0, 0.1) is 5.82 Å². The zero-order chi connectivity index (χ0) is 25.9. The molecule has 0 spiro atoms. The van der Waals surface area contributed by atoms with Gasteiger partial charge in [-0.25, -0.2) is 32.8 Å². The van der Waals surface area contributed by atoms with Crippen LogP contribution < -0.4 is 5.32 Å². The van der Waals surface area contributed by atoms with E-state index in [4.69, 9.17) is 0 Å². The summed E-state index contributed by atoms with van der Waals surface area (Å²) in [6, 6.07) is 8.49. The third kappa shape index (κ3) is 4.73. The molecule has 0 aliphatic heterocycles. The van der Waals surface area contributed by atoms with Crippen molar-refractivity contribution in [1.29, 1.82) is 0 Å². The molecule has 0 saturated heterocycles. The van der Waals surface area contributed by atoms with Gasteiger partial charge in [-0.05, 0) is 11.6 Å². The van der Waals surface area contributed by atoms with E-state index in [0.717, 1.165) is 17.1 Å². The van der Waals surface area contributed by atoms with Gasteiger partial charge < -0.3 is 10.4 Å². The van der Waals surface area contributed by atoms with Crippen molar-refractivity contribution in [3.8, 4) is 11.3 Å². The highest BCUT2D eigenvalue weighted by molar-refractivity contribution is 5.86. The second-order valence-corrected chi connectivity index (χ2v) is 8.30. The number of nitrogens with zero attached hydrogens (tertiary/aromatic N) is 6. The Labute approximate surface area is 209 Å². The van der Waals surface area contributed by atoms with Gasteiger partial charge in [0.2, 0.25) is 0 Å². The molecule has 0 fully saturated rings. The van der Waals surface area contributed by atoms with Crippen LogP contribution in [0.1, 0.15) is 23.5 Å². The van der Waals surface area contributed by atoms with E-state index in [1.807, 2.05) is 6.07 Å². The van der Waals surface area contributed by atoms with Gasteiger partial charge in [-0.1, -0.05) is 24.3 Å². The summed E-state index contributed by atoms with van der Waals surface area (Å²) in [5, 5.41) is 17.5. The van der Waals surface area contributed by atoms with Crippen molar-refractivity contribution in [2.24, 2.45) is 0 Å². The normalized spacial score (nSPS) is 12.4. The average molecular weight is 506 g/mol. The average Bonchev–Trinajstić information content (AvgIpc) is 3.31. The third-order valence-corrected chi connectivity index (χ3v) is 6.08. The highest BCUT2D eigenvalue weighted by atomic mass is 19.3. The van der Waals surface area contributed by atoms with Crippen LogP contribution in [0.25, 0.3) is 33.2 Å².